The van der Waals surface area contributed by atoms with Crippen molar-refractivity contribution in [3.05, 3.63) is 23.0 Å². The Morgan fingerprint density at radius 1 is 1.50 bits per heavy atom. The van der Waals surface area contributed by atoms with E-state index < -0.39 is 5.97 Å². The van der Waals surface area contributed by atoms with Gasteiger partial charge in [0.15, 0.2) is 0 Å². The Labute approximate surface area is 94.8 Å². The minimum absolute atomic E-state index is 0.130. The Bertz CT molecular complexity index is 361. The summed E-state index contributed by atoms with van der Waals surface area (Å²) in [6.45, 7) is 0. The monoisotopic (exact) mass is 222 g/mol. The van der Waals surface area contributed by atoms with Crippen LogP contribution in [0.4, 0.5) is 0 Å². The summed E-state index contributed by atoms with van der Waals surface area (Å²) in [4.78, 5) is 13.8. The highest BCUT2D eigenvalue weighted by molar-refractivity contribution is 5.66. The summed E-state index contributed by atoms with van der Waals surface area (Å²) in [6, 6.07) is 1.93. The van der Waals surface area contributed by atoms with Gasteiger partial charge in [-0.3, -0.25) is 4.79 Å². The summed E-state index contributed by atoms with van der Waals surface area (Å²) in [6.07, 6.45) is 5.32. The highest BCUT2D eigenvalue weighted by atomic mass is 16.4. The zero-order valence-corrected chi connectivity index (χ0v) is 9.33. The van der Waals surface area contributed by atoms with Crippen molar-refractivity contribution in [1.82, 2.24) is 4.98 Å². The molecule has 1 unspecified atom stereocenters. The summed E-state index contributed by atoms with van der Waals surface area (Å²) < 4.78 is 0. The minimum Gasteiger partial charge on any atom is -0.481 e. The first-order valence-electron chi connectivity index (χ1n) is 5.85. The lowest BCUT2D eigenvalue weighted by Gasteiger charge is -2.09. The largest absolute Gasteiger partial charge is 0.481 e. The molecule has 16 heavy (non-hydrogen) atoms. The molecule has 0 radical (unpaired) electrons. The molecular formula is C12H18N2O2. The molecule has 1 aromatic rings. The number of nitrogens with two attached hydrogens (primary N) is 1. The van der Waals surface area contributed by atoms with Crippen LogP contribution >= 0.6 is 0 Å². The van der Waals surface area contributed by atoms with Crippen LogP contribution in [0.3, 0.4) is 0 Å². The second-order valence-corrected chi connectivity index (χ2v) is 4.47. The first kappa shape index (κ1) is 11.2. The van der Waals surface area contributed by atoms with E-state index >= 15 is 0 Å². The van der Waals surface area contributed by atoms with Gasteiger partial charge in [-0.25, -0.2) is 0 Å². The predicted octanol–water partition coefficient (Wildman–Crippen LogP) is 1.76. The summed E-state index contributed by atoms with van der Waals surface area (Å²) >= 11 is 0. The number of hydrogen-bond donors (Lipinski definition) is 3. The molecule has 4 N–H and O–H groups in total. The van der Waals surface area contributed by atoms with Crippen molar-refractivity contribution in [2.45, 2.75) is 44.6 Å². The number of aliphatic carboxylic acids is 1. The van der Waals surface area contributed by atoms with E-state index in [2.05, 4.69) is 11.1 Å². The second-order valence-electron chi connectivity index (χ2n) is 4.47. The van der Waals surface area contributed by atoms with Crippen LogP contribution in [0.5, 0.6) is 0 Å². The Morgan fingerprint density at radius 2 is 2.25 bits per heavy atom. The predicted molar refractivity (Wildman–Crippen MR) is 61.2 cm³/mol. The molecule has 0 amide bonds. The fourth-order valence-electron chi connectivity index (χ4n) is 2.26. The SMILES string of the molecule is NC(CCC(=O)O)c1cc2c([nH]1)CCCC2. The number of carboxylic acids is 1. The zero-order chi connectivity index (χ0) is 11.5. The molecule has 0 saturated heterocycles. The van der Waals surface area contributed by atoms with Gasteiger partial charge in [0.2, 0.25) is 0 Å². The van der Waals surface area contributed by atoms with E-state index in [0.717, 1.165) is 18.5 Å². The van der Waals surface area contributed by atoms with Crippen LogP contribution in [-0.4, -0.2) is 16.1 Å². The number of carbonyl (C=O) groups is 1. The van der Waals surface area contributed by atoms with Gasteiger partial charge < -0.3 is 15.8 Å². The van der Waals surface area contributed by atoms with Crippen molar-refractivity contribution in [2.24, 2.45) is 5.73 Å². The van der Waals surface area contributed by atoms with Crippen molar-refractivity contribution in [1.29, 1.82) is 0 Å². The number of H-pyrrole nitrogens is 1. The van der Waals surface area contributed by atoms with Gasteiger partial charge in [-0.2, -0.15) is 0 Å². The summed E-state index contributed by atoms with van der Waals surface area (Å²) in [5, 5.41) is 8.61. The van der Waals surface area contributed by atoms with Crippen molar-refractivity contribution in [3.63, 3.8) is 0 Å². The van der Waals surface area contributed by atoms with E-state index in [1.165, 1.54) is 24.1 Å². The third-order valence-corrected chi connectivity index (χ3v) is 3.20. The molecule has 0 bridgehead atoms. The Hall–Kier alpha value is -1.29. The molecule has 1 aliphatic rings. The van der Waals surface area contributed by atoms with Crippen LogP contribution in [-0.2, 0) is 17.6 Å². The third-order valence-electron chi connectivity index (χ3n) is 3.20. The number of aromatic amines is 1. The van der Waals surface area contributed by atoms with Gasteiger partial charge in [0.05, 0.1) is 0 Å². The maximum atomic E-state index is 10.5. The molecule has 1 atom stereocenters. The Kier molecular flexibility index (Phi) is 3.29. The molecular weight excluding hydrogens is 204 g/mol. The third kappa shape index (κ3) is 2.44. The molecule has 1 heterocycles. The van der Waals surface area contributed by atoms with E-state index in [4.69, 9.17) is 10.8 Å². The molecule has 0 aromatic carbocycles. The summed E-state index contributed by atoms with van der Waals surface area (Å²) in [7, 11) is 0. The van der Waals surface area contributed by atoms with Crippen LogP contribution in [0, 0.1) is 0 Å². The average Bonchev–Trinajstić information content (AvgIpc) is 2.69. The van der Waals surface area contributed by atoms with Crippen LogP contribution < -0.4 is 5.73 Å². The number of fused-ring (bicyclic) bond motifs is 1. The van der Waals surface area contributed by atoms with Crippen LogP contribution in [0.2, 0.25) is 0 Å². The molecule has 4 heteroatoms. The first-order valence-corrected chi connectivity index (χ1v) is 5.85. The highest BCUT2D eigenvalue weighted by Gasteiger charge is 2.16. The highest BCUT2D eigenvalue weighted by Crippen LogP contribution is 2.25. The zero-order valence-electron chi connectivity index (χ0n) is 9.33. The average molecular weight is 222 g/mol. The van der Waals surface area contributed by atoms with Crippen LogP contribution in [0.1, 0.15) is 48.7 Å². The molecule has 1 aliphatic carbocycles. The van der Waals surface area contributed by atoms with Gasteiger partial charge in [-0.05, 0) is 43.7 Å². The fraction of sp³-hybridized carbons (Fsp3) is 0.583. The number of carboxylic acid groups (broad SMARTS) is 1. The number of nitrogens with one attached hydrogen (secondary N) is 1. The van der Waals surface area contributed by atoms with Crippen molar-refractivity contribution >= 4 is 5.97 Å². The summed E-state index contributed by atoms with van der Waals surface area (Å²) in [5.41, 5.74) is 9.62. The van der Waals surface area contributed by atoms with Gasteiger partial charge in [-0.1, -0.05) is 0 Å². The normalized spacial score (nSPS) is 16.8. The molecule has 1 aromatic heterocycles. The van der Waals surface area contributed by atoms with Gasteiger partial charge in [0.25, 0.3) is 0 Å². The topological polar surface area (TPSA) is 79.1 Å². The fourth-order valence-corrected chi connectivity index (χ4v) is 2.26. The molecule has 0 fully saturated rings. The van der Waals surface area contributed by atoms with E-state index in [-0.39, 0.29) is 12.5 Å². The quantitative estimate of drug-likeness (QED) is 0.726. The smallest absolute Gasteiger partial charge is 0.303 e. The number of aromatic nitrogens is 1. The maximum Gasteiger partial charge on any atom is 0.303 e. The maximum absolute atomic E-state index is 10.5. The Morgan fingerprint density at radius 3 is 2.94 bits per heavy atom. The van der Waals surface area contributed by atoms with Crippen molar-refractivity contribution < 1.29 is 9.90 Å². The number of hydrogen-bond acceptors (Lipinski definition) is 2. The molecule has 88 valence electrons. The van der Waals surface area contributed by atoms with Crippen LogP contribution in [0.15, 0.2) is 6.07 Å². The molecule has 0 aliphatic heterocycles. The molecule has 4 nitrogen and oxygen atoms in total. The summed E-state index contributed by atoms with van der Waals surface area (Å²) in [5.74, 6) is -0.785. The standard InChI is InChI=1S/C12H18N2O2/c13-9(5-6-12(15)16)11-7-8-3-1-2-4-10(8)14-11/h7,9,14H,1-6,13H2,(H,15,16). The van der Waals surface area contributed by atoms with Gasteiger partial charge in [-0.15, -0.1) is 0 Å². The van der Waals surface area contributed by atoms with Gasteiger partial charge in [0.1, 0.15) is 0 Å². The van der Waals surface area contributed by atoms with E-state index in [1.807, 2.05) is 0 Å². The lowest BCUT2D eigenvalue weighted by atomic mass is 9.98. The minimum atomic E-state index is -0.785. The van der Waals surface area contributed by atoms with Crippen LogP contribution in [0.25, 0.3) is 0 Å². The first-order chi connectivity index (χ1) is 7.66. The second kappa shape index (κ2) is 4.70. The number of aryl methyl sites for hydroxylation is 2. The lowest BCUT2D eigenvalue weighted by molar-refractivity contribution is -0.137. The van der Waals surface area contributed by atoms with Gasteiger partial charge in [0, 0.05) is 23.9 Å². The number of rotatable bonds is 4. The van der Waals surface area contributed by atoms with Crippen molar-refractivity contribution in [2.75, 3.05) is 0 Å². The van der Waals surface area contributed by atoms with E-state index in [9.17, 15) is 4.79 Å². The van der Waals surface area contributed by atoms with E-state index in [1.54, 1.807) is 0 Å². The van der Waals surface area contributed by atoms with Crippen molar-refractivity contribution in [3.8, 4) is 0 Å². The molecule has 0 spiro atoms. The van der Waals surface area contributed by atoms with E-state index in [0.29, 0.717) is 6.42 Å². The Balaban J connectivity index is 2.03. The molecule has 0 saturated carbocycles. The lowest BCUT2D eigenvalue weighted by Crippen LogP contribution is -2.12. The molecule has 2 rings (SSSR count). The van der Waals surface area contributed by atoms with Gasteiger partial charge >= 0.3 is 5.97 Å².